The first-order valence-corrected chi connectivity index (χ1v) is 12.1. The highest BCUT2D eigenvalue weighted by Gasteiger charge is 2.46. The fraction of sp³-hybridized carbons (Fsp3) is 0.375. The van der Waals surface area contributed by atoms with Gasteiger partial charge in [-0.2, -0.15) is 0 Å². The number of imide groups is 1. The largest absolute Gasteiger partial charge is 0.327 e. The highest BCUT2D eigenvalue weighted by atomic mass is 127. The number of anilines is 1. The number of rotatable bonds is 5. The van der Waals surface area contributed by atoms with Crippen LogP contribution >= 0.6 is 34.2 Å². The molecule has 2 fully saturated rings. The average Bonchev–Trinajstić information content (AvgIpc) is 3.05. The zero-order chi connectivity index (χ0) is 22.0. The molecule has 0 aromatic heterocycles. The van der Waals surface area contributed by atoms with Crippen LogP contribution in [0, 0.1) is 3.57 Å². The maximum absolute atomic E-state index is 13.4. The third-order valence-corrected chi connectivity index (χ3v) is 7.04. The highest BCUT2D eigenvalue weighted by molar-refractivity contribution is 14.1. The van der Waals surface area contributed by atoms with E-state index < -0.39 is 6.04 Å². The molecular formula is C24H24ClIN2O3. The number of hydrogen-bond donors (Lipinski definition) is 0. The van der Waals surface area contributed by atoms with Gasteiger partial charge in [0.05, 0.1) is 18.5 Å². The molecule has 5 nitrogen and oxygen atoms in total. The summed E-state index contributed by atoms with van der Waals surface area (Å²) in [5, 5.41) is 0.616. The zero-order valence-electron chi connectivity index (χ0n) is 17.1. The maximum atomic E-state index is 13.4. The SMILES string of the molecule is O=C1CC(N(C(=O)Cc2ccc(Cl)cc2)C2CCCCC2)C(=O)N1c1ccc(I)cc1. The summed E-state index contributed by atoms with van der Waals surface area (Å²) in [5.74, 6) is -0.664. The third kappa shape index (κ3) is 4.95. The van der Waals surface area contributed by atoms with Gasteiger partial charge in [-0.15, -0.1) is 0 Å². The summed E-state index contributed by atoms with van der Waals surface area (Å²) in [6, 6.07) is 13.7. The lowest BCUT2D eigenvalue weighted by Gasteiger charge is -2.37. The molecule has 4 rings (SSSR count). The van der Waals surface area contributed by atoms with Gasteiger partial charge in [0.1, 0.15) is 6.04 Å². The van der Waals surface area contributed by atoms with Crippen LogP contribution in [0.15, 0.2) is 48.5 Å². The fourth-order valence-corrected chi connectivity index (χ4v) is 5.04. The van der Waals surface area contributed by atoms with Crippen LogP contribution in [0.25, 0.3) is 0 Å². The van der Waals surface area contributed by atoms with Gasteiger partial charge in [-0.1, -0.05) is 43.0 Å². The van der Waals surface area contributed by atoms with Gasteiger partial charge < -0.3 is 4.90 Å². The predicted molar refractivity (Wildman–Crippen MR) is 129 cm³/mol. The molecule has 1 heterocycles. The first-order chi connectivity index (χ1) is 14.9. The van der Waals surface area contributed by atoms with Gasteiger partial charge in [0.2, 0.25) is 11.8 Å². The predicted octanol–water partition coefficient (Wildman–Crippen LogP) is 4.98. The molecule has 1 aliphatic carbocycles. The molecule has 162 valence electrons. The van der Waals surface area contributed by atoms with Gasteiger partial charge in [-0.25, -0.2) is 4.90 Å². The minimum Gasteiger partial charge on any atom is -0.327 e. The summed E-state index contributed by atoms with van der Waals surface area (Å²) >= 11 is 8.16. The summed E-state index contributed by atoms with van der Waals surface area (Å²) in [4.78, 5) is 42.6. The van der Waals surface area contributed by atoms with E-state index in [1.165, 1.54) is 4.90 Å². The third-order valence-electron chi connectivity index (χ3n) is 6.07. The average molecular weight is 551 g/mol. The van der Waals surface area contributed by atoms with E-state index in [0.29, 0.717) is 10.7 Å². The van der Waals surface area contributed by atoms with Gasteiger partial charge >= 0.3 is 0 Å². The van der Waals surface area contributed by atoms with Gasteiger partial charge in [-0.05, 0) is 77.4 Å². The number of carbonyl (C=O) groups excluding carboxylic acids is 3. The Balaban J connectivity index is 1.60. The van der Waals surface area contributed by atoms with Crippen molar-refractivity contribution in [1.82, 2.24) is 4.90 Å². The van der Waals surface area contributed by atoms with Crippen LogP contribution < -0.4 is 4.90 Å². The Bertz CT molecular complexity index is 971. The van der Waals surface area contributed by atoms with Crippen LogP contribution in [0.2, 0.25) is 5.02 Å². The zero-order valence-corrected chi connectivity index (χ0v) is 20.0. The van der Waals surface area contributed by atoms with Crippen molar-refractivity contribution in [2.24, 2.45) is 0 Å². The van der Waals surface area contributed by atoms with Crippen LogP contribution in [-0.4, -0.2) is 34.7 Å². The fourth-order valence-electron chi connectivity index (χ4n) is 4.55. The molecule has 1 atom stereocenters. The van der Waals surface area contributed by atoms with Crippen molar-refractivity contribution in [3.63, 3.8) is 0 Å². The van der Waals surface area contributed by atoms with E-state index in [4.69, 9.17) is 11.6 Å². The van der Waals surface area contributed by atoms with Gasteiger partial charge in [0.25, 0.3) is 5.91 Å². The van der Waals surface area contributed by atoms with Crippen LogP contribution in [0.5, 0.6) is 0 Å². The van der Waals surface area contributed by atoms with Gasteiger partial charge in [-0.3, -0.25) is 14.4 Å². The molecule has 2 aromatic rings. The number of nitrogens with zero attached hydrogens (tertiary/aromatic N) is 2. The Hall–Kier alpha value is -1.93. The molecule has 3 amide bonds. The second-order valence-electron chi connectivity index (χ2n) is 8.16. The van der Waals surface area contributed by atoms with E-state index in [9.17, 15) is 14.4 Å². The molecule has 0 bridgehead atoms. The summed E-state index contributed by atoms with van der Waals surface area (Å²) in [6.07, 6.45) is 5.17. The topological polar surface area (TPSA) is 57.7 Å². The van der Waals surface area contributed by atoms with Crippen molar-refractivity contribution in [1.29, 1.82) is 0 Å². The summed E-state index contributed by atoms with van der Waals surface area (Å²) in [7, 11) is 0. The van der Waals surface area contributed by atoms with Crippen molar-refractivity contribution in [2.45, 2.75) is 57.0 Å². The number of carbonyl (C=O) groups is 3. The first kappa shape index (κ1) is 22.3. The molecule has 0 N–H and O–H groups in total. The number of halogens is 2. The minimum absolute atomic E-state index is 0.00743. The van der Waals surface area contributed by atoms with E-state index in [-0.39, 0.29) is 36.6 Å². The molecule has 1 saturated heterocycles. The lowest BCUT2D eigenvalue weighted by Crippen LogP contribution is -2.51. The standard InChI is InChI=1S/C24H24ClIN2O3/c25-17-8-6-16(7-9-17)14-22(29)27(19-4-2-1-3-5-19)21-15-23(30)28(24(21)31)20-12-10-18(26)11-13-20/h6-13,19,21H,1-5,14-15H2. The van der Waals surface area contributed by atoms with Crippen LogP contribution in [0.3, 0.4) is 0 Å². The lowest BCUT2D eigenvalue weighted by molar-refractivity contribution is -0.141. The maximum Gasteiger partial charge on any atom is 0.257 e. The lowest BCUT2D eigenvalue weighted by atomic mass is 9.92. The van der Waals surface area contributed by atoms with Crippen molar-refractivity contribution >= 4 is 57.6 Å². The Morgan fingerprint density at radius 1 is 1.00 bits per heavy atom. The van der Waals surface area contributed by atoms with Crippen molar-refractivity contribution < 1.29 is 14.4 Å². The second-order valence-corrected chi connectivity index (χ2v) is 9.84. The number of benzene rings is 2. The van der Waals surface area contributed by atoms with Crippen LogP contribution in [0.4, 0.5) is 5.69 Å². The van der Waals surface area contributed by atoms with E-state index in [1.807, 2.05) is 24.3 Å². The van der Waals surface area contributed by atoms with Crippen LogP contribution in [-0.2, 0) is 20.8 Å². The molecular weight excluding hydrogens is 527 g/mol. The summed E-state index contributed by atoms with van der Waals surface area (Å²) in [6.45, 7) is 0. The Morgan fingerprint density at radius 2 is 1.65 bits per heavy atom. The van der Waals surface area contributed by atoms with Gasteiger partial charge in [0.15, 0.2) is 0 Å². The Kier molecular flexibility index (Phi) is 6.96. The van der Waals surface area contributed by atoms with Crippen molar-refractivity contribution in [3.8, 4) is 0 Å². The molecule has 2 aliphatic rings. The normalized spacial score (nSPS) is 19.7. The highest BCUT2D eigenvalue weighted by Crippen LogP contribution is 2.32. The van der Waals surface area contributed by atoms with E-state index in [2.05, 4.69) is 22.6 Å². The smallest absolute Gasteiger partial charge is 0.257 e. The molecule has 2 aromatic carbocycles. The first-order valence-electron chi connectivity index (χ1n) is 10.6. The van der Waals surface area contributed by atoms with E-state index in [1.54, 1.807) is 29.2 Å². The summed E-state index contributed by atoms with van der Waals surface area (Å²) in [5.41, 5.74) is 1.41. The molecule has 0 radical (unpaired) electrons. The minimum atomic E-state index is -0.741. The van der Waals surface area contributed by atoms with Crippen molar-refractivity contribution in [3.05, 3.63) is 62.7 Å². The van der Waals surface area contributed by atoms with Crippen molar-refractivity contribution in [2.75, 3.05) is 4.90 Å². The molecule has 1 aliphatic heterocycles. The molecule has 31 heavy (non-hydrogen) atoms. The molecule has 7 heteroatoms. The second kappa shape index (κ2) is 9.69. The molecule has 1 saturated carbocycles. The van der Waals surface area contributed by atoms with Crippen LogP contribution in [0.1, 0.15) is 44.1 Å². The number of hydrogen-bond acceptors (Lipinski definition) is 3. The van der Waals surface area contributed by atoms with E-state index >= 15 is 0 Å². The summed E-state index contributed by atoms with van der Waals surface area (Å²) < 4.78 is 1.03. The number of amides is 3. The molecule has 1 unspecified atom stereocenters. The quantitative estimate of drug-likeness (QED) is 0.390. The monoisotopic (exact) mass is 550 g/mol. The Labute approximate surface area is 200 Å². The Morgan fingerprint density at radius 3 is 2.29 bits per heavy atom. The molecule has 0 spiro atoms. The van der Waals surface area contributed by atoms with Gasteiger partial charge in [0, 0.05) is 14.6 Å². The van der Waals surface area contributed by atoms with E-state index in [0.717, 1.165) is 41.2 Å².